The Bertz CT molecular complexity index is 624. The molecule has 0 atom stereocenters. The van der Waals surface area contributed by atoms with Crippen molar-refractivity contribution in [1.82, 2.24) is 10.2 Å². The van der Waals surface area contributed by atoms with Crippen LogP contribution in [0.2, 0.25) is 5.02 Å². The third kappa shape index (κ3) is 6.33. The van der Waals surface area contributed by atoms with Crippen LogP contribution < -0.4 is 10.2 Å². The van der Waals surface area contributed by atoms with Gasteiger partial charge in [-0.1, -0.05) is 11.6 Å². The highest BCUT2D eigenvalue weighted by Crippen LogP contribution is 2.28. The van der Waals surface area contributed by atoms with Gasteiger partial charge in [-0.3, -0.25) is 9.69 Å². The molecule has 3 rings (SSSR count). The van der Waals surface area contributed by atoms with E-state index in [4.69, 9.17) is 16.3 Å². The van der Waals surface area contributed by atoms with Gasteiger partial charge in [-0.15, -0.1) is 0 Å². The van der Waals surface area contributed by atoms with Crippen molar-refractivity contribution in [3.8, 4) is 0 Å². The van der Waals surface area contributed by atoms with Gasteiger partial charge in [0.05, 0.1) is 0 Å². The van der Waals surface area contributed by atoms with Crippen molar-refractivity contribution in [2.75, 3.05) is 51.3 Å². The predicted molar refractivity (Wildman–Crippen MR) is 110 cm³/mol. The quantitative estimate of drug-likeness (QED) is 0.747. The van der Waals surface area contributed by atoms with Crippen LogP contribution in [-0.2, 0) is 9.53 Å². The minimum atomic E-state index is -0.279. The van der Waals surface area contributed by atoms with Crippen LogP contribution in [0.3, 0.4) is 0 Å². The minimum Gasteiger partial charge on any atom is -0.375 e. The van der Waals surface area contributed by atoms with Gasteiger partial charge in [-0.2, -0.15) is 0 Å². The van der Waals surface area contributed by atoms with E-state index in [0.717, 1.165) is 57.2 Å². The number of rotatable bonds is 7. The Hall–Kier alpha value is -1.37. The Morgan fingerprint density at radius 2 is 1.89 bits per heavy atom. The third-order valence-corrected chi connectivity index (χ3v) is 6.14. The van der Waals surface area contributed by atoms with E-state index >= 15 is 0 Å². The number of methoxy groups -OCH3 is 1. The van der Waals surface area contributed by atoms with Crippen molar-refractivity contribution >= 4 is 23.2 Å². The summed E-state index contributed by atoms with van der Waals surface area (Å²) < 4.78 is 18.4. The van der Waals surface area contributed by atoms with Crippen LogP contribution in [0.25, 0.3) is 0 Å². The molecule has 2 aliphatic rings. The molecule has 156 valence electrons. The number of carbonyl (C=O) groups is 1. The number of piperazine rings is 1. The van der Waals surface area contributed by atoms with Gasteiger partial charge in [0.15, 0.2) is 0 Å². The number of nitrogens with one attached hydrogen (secondary N) is 1. The molecule has 1 aromatic rings. The summed E-state index contributed by atoms with van der Waals surface area (Å²) in [5, 5.41) is 3.51. The van der Waals surface area contributed by atoms with Gasteiger partial charge in [0.25, 0.3) is 0 Å². The lowest BCUT2D eigenvalue weighted by atomic mass is 9.84. The van der Waals surface area contributed by atoms with Gasteiger partial charge in [0.1, 0.15) is 12.4 Å². The molecule has 0 unspecified atom stereocenters. The van der Waals surface area contributed by atoms with Crippen LogP contribution in [-0.4, -0.2) is 63.3 Å². The van der Waals surface area contributed by atoms with E-state index in [1.807, 2.05) is 6.07 Å². The lowest BCUT2D eigenvalue weighted by molar-refractivity contribution is -0.125. The molecule has 1 saturated carbocycles. The molecule has 1 heterocycles. The number of nitrogens with zero attached hydrogens (tertiary/aromatic N) is 2. The normalized spacial score (nSPS) is 23.6. The maximum absolute atomic E-state index is 13.6. The zero-order valence-corrected chi connectivity index (χ0v) is 17.4. The Morgan fingerprint density at radius 1 is 1.18 bits per heavy atom. The highest BCUT2D eigenvalue weighted by Gasteiger charge is 2.24. The van der Waals surface area contributed by atoms with E-state index in [-0.39, 0.29) is 18.3 Å². The van der Waals surface area contributed by atoms with Crippen LogP contribution in [0.5, 0.6) is 0 Å². The zero-order valence-electron chi connectivity index (χ0n) is 16.6. The summed E-state index contributed by atoms with van der Waals surface area (Å²) in [6.45, 7) is 5.06. The second kappa shape index (κ2) is 10.4. The summed E-state index contributed by atoms with van der Waals surface area (Å²) in [5.41, 5.74) is 0.874. The van der Waals surface area contributed by atoms with E-state index in [0.29, 0.717) is 11.1 Å². The first-order valence-electron chi connectivity index (χ1n) is 10.2. The molecule has 2 fully saturated rings. The number of anilines is 1. The average Bonchev–Trinajstić information content (AvgIpc) is 2.67. The Morgan fingerprint density at radius 3 is 2.54 bits per heavy atom. The molecule has 1 aromatic carbocycles. The van der Waals surface area contributed by atoms with Crippen LogP contribution in [0.4, 0.5) is 10.1 Å². The maximum Gasteiger partial charge on any atom is 0.246 e. The molecule has 1 saturated heterocycles. The monoisotopic (exact) mass is 411 g/mol. The van der Waals surface area contributed by atoms with Crippen molar-refractivity contribution in [1.29, 1.82) is 0 Å². The van der Waals surface area contributed by atoms with E-state index in [9.17, 15) is 9.18 Å². The fraction of sp³-hybridized carbons (Fsp3) is 0.667. The second-order valence-corrected chi connectivity index (χ2v) is 8.40. The largest absolute Gasteiger partial charge is 0.375 e. The lowest BCUT2D eigenvalue weighted by Gasteiger charge is -2.37. The van der Waals surface area contributed by atoms with Crippen LogP contribution in [0.15, 0.2) is 18.2 Å². The lowest BCUT2D eigenvalue weighted by Crippen LogP contribution is -2.47. The van der Waals surface area contributed by atoms with Crippen molar-refractivity contribution < 1.29 is 13.9 Å². The first-order valence-corrected chi connectivity index (χ1v) is 10.6. The Kier molecular flexibility index (Phi) is 7.94. The number of amides is 1. The van der Waals surface area contributed by atoms with Gasteiger partial charge in [-0.25, -0.2) is 4.39 Å². The molecule has 0 bridgehead atoms. The number of halogens is 2. The molecule has 1 amide bonds. The van der Waals surface area contributed by atoms with Gasteiger partial charge < -0.3 is 15.0 Å². The SMILES string of the molecule is COCC(=O)N[C@H]1CC[C@H](CCN2CCN(c3cc(F)cc(Cl)c3)CC2)CC1. The maximum atomic E-state index is 13.6. The third-order valence-electron chi connectivity index (χ3n) is 5.93. The molecule has 1 aliphatic heterocycles. The molecule has 5 nitrogen and oxygen atoms in total. The molecular weight excluding hydrogens is 381 g/mol. The summed E-state index contributed by atoms with van der Waals surface area (Å²) in [5.74, 6) is 0.456. The minimum absolute atomic E-state index is 0.0107. The van der Waals surface area contributed by atoms with E-state index in [2.05, 4.69) is 15.1 Å². The Balaban J connectivity index is 1.34. The smallest absolute Gasteiger partial charge is 0.246 e. The molecular formula is C21H31ClFN3O2. The highest BCUT2D eigenvalue weighted by atomic mass is 35.5. The number of hydrogen-bond donors (Lipinski definition) is 1. The van der Waals surface area contributed by atoms with Crippen LogP contribution >= 0.6 is 11.6 Å². The zero-order chi connectivity index (χ0) is 19.9. The van der Waals surface area contributed by atoms with Crippen molar-refractivity contribution in [3.05, 3.63) is 29.0 Å². The molecule has 1 N–H and O–H groups in total. The van der Waals surface area contributed by atoms with Crippen molar-refractivity contribution in [2.24, 2.45) is 5.92 Å². The number of ether oxygens (including phenoxy) is 1. The van der Waals surface area contributed by atoms with Crippen molar-refractivity contribution in [2.45, 2.75) is 38.1 Å². The van der Waals surface area contributed by atoms with Crippen LogP contribution in [0, 0.1) is 11.7 Å². The molecule has 0 aromatic heterocycles. The first kappa shape index (κ1) is 21.3. The molecule has 0 spiro atoms. The fourth-order valence-electron chi connectivity index (χ4n) is 4.31. The number of benzene rings is 1. The molecule has 7 heteroatoms. The van der Waals surface area contributed by atoms with Gasteiger partial charge in [-0.05, 0) is 62.8 Å². The highest BCUT2D eigenvalue weighted by molar-refractivity contribution is 6.30. The fourth-order valence-corrected chi connectivity index (χ4v) is 4.53. The van der Waals surface area contributed by atoms with Gasteiger partial charge >= 0.3 is 0 Å². The summed E-state index contributed by atoms with van der Waals surface area (Å²) >= 11 is 5.98. The van der Waals surface area contributed by atoms with E-state index in [1.54, 1.807) is 13.2 Å². The van der Waals surface area contributed by atoms with Crippen LogP contribution in [0.1, 0.15) is 32.1 Å². The number of hydrogen-bond acceptors (Lipinski definition) is 4. The Labute approximate surface area is 172 Å². The second-order valence-electron chi connectivity index (χ2n) is 7.96. The number of carbonyl (C=O) groups excluding carboxylic acids is 1. The molecule has 1 aliphatic carbocycles. The van der Waals surface area contributed by atoms with E-state index < -0.39 is 0 Å². The average molecular weight is 412 g/mol. The first-order chi connectivity index (χ1) is 13.5. The predicted octanol–water partition coefficient (Wildman–Crippen LogP) is 3.31. The summed E-state index contributed by atoms with van der Waals surface area (Å²) in [6, 6.07) is 5.05. The molecule has 0 radical (unpaired) electrons. The standard InChI is InChI=1S/C21H31ClFN3O2/c1-28-15-21(27)24-19-4-2-16(3-5-19)6-7-25-8-10-26(11-9-25)20-13-17(22)12-18(23)14-20/h12-14,16,19H,2-11,15H2,1H3,(H,24,27)/t16-,19-. The summed E-state index contributed by atoms with van der Waals surface area (Å²) in [7, 11) is 1.55. The summed E-state index contributed by atoms with van der Waals surface area (Å²) in [6.07, 6.45) is 5.70. The van der Waals surface area contributed by atoms with Gasteiger partial charge in [0.2, 0.25) is 5.91 Å². The van der Waals surface area contributed by atoms with E-state index in [1.165, 1.54) is 25.3 Å². The van der Waals surface area contributed by atoms with Crippen molar-refractivity contribution in [3.63, 3.8) is 0 Å². The summed E-state index contributed by atoms with van der Waals surface area (Å²) in [4.78, 5) is 16.3. The topological polar surface area (TPSA) is 44.8 Å². The van der Waals surface area contributed by atoms with Gasteiger partial charge in [0, 0.05) is 50.0 Å². The molecule has 28 heavy (non-hydrogen) atoms.